The molecule has 1 atom stereocenters. The van der Waals surface area contributed by atoms with Crippen molar-refractivity contribution < 1.29 is 9.13 Å². The lowest BCUT2D eigenvalue weighted by Gasteiger charge is -2.23. The van der Waals surface area contributed by atoms with Crippen molar-refractivity contribution >= 4 is 11.6 Å². The highest BCUT2D eigenvalue weighted by Crippen LogP contribution is 2.30. The zero-order valence-electron chi connectivity index (χ0n) is 13.4. The van der Waals surface area contributed by atoms with Crippen LogP contribution in [-0.4, -0.2) is 16.5 Å². The van der Waals surface area contributed by atoms with Crippen molar-refractivity contribution in [2.24, 2.45) is 0 Å². The number of aromatic amines is 1. The quantitative estimate of drug-likeness (QED) is 0.741. The maximum Gasteiger partial charge on any atom is 0.148 e. The van der Waals surface area contributed by atoms with Gasteiger partial charge in [0.05, 0.1) is 22.7 Å². The van der Waals surface area contributed by atoms with E-state index >= 15 is 0 Å². The Morgan fingerprint density at radius 1 is 1.24 bits per heavy atom. The minimum atomic E-state index is -0.432. The predicted octanol–water partition coefficient (Wildman–Crippen LogP) is 4.02. The Kier molecular flexibility index (Phi) is 4.42. The van der Waals surface area contributed by atoms with Gasteiger partial charge in [-0.1, -0.05) is 35.9 Å². The van der Waals surface area contributed by atoms with E-state index in [1.807, 2.05) is 18.2 Å². The molecule has 0 fully saturated rings. The summed E-state index contributed by atoms with van der Waals surface area (Å²) in [5.41, 5.74) is 3.73. The molecule has 2 aromatic carbocycles. The molecule has 0 saturated heterocycles. The first-order valence-electron chi connectivity index (χ1n) is 8.11. The number of aromatic nitrogens is 2. The summed E-state index contributed by atoms with van der Waals surface area (Å²) in [5, 5.41) is 3.50. The van der Waals surface area contributed by atoms with E-state index in [0.29, 0.717) is 11.3 Å². The zero-order valence-corrected chi connectivity index (χ0v) is 14.2. The van der Waals surface area contributed by atoms with Crippen LogP contribution in [0.3, 0.4) is 0 Å². The number of nitrogens with zero attached hydrogens (tertiary/aromatic N) is 1. The minimum absolute atomic E-state index is 0.106. The molecule has 0 radical (unpaired) electrons. The average Bonchev–Trinajstić information content (AvgIpc) is 3.12. The van der Waals surface area contributed by atoms with Crippen molar-refractivity contribution in [2.75, 3.05) is 6.54 Å². The largest absolute Gasteiger partial charge is 0.489 e. The molecular weight excluding hydrogens is 341 g/mol. The van der Waals surface area contributed by atoms with Crippen molar-refractivity contribution in [3.05, 3.63) is 82.1 Å². The molecule has 128 valence electrons. The van der Waals surface area contributed by atoms with Crippen LogP contribution in [0.15, 0.2) is 48.8 Å². The van der Waals surface area contributed by atoms with E-state index in [9.17, 15) is 4.39 Å². The van der Waals surface area contributed by atoms with Crippen molar-refractivity contribution in [1.82, 2.24) is 15.3 Å². The van der Waals surface area contributed by atoms with Gasteiger partial charge in [0.1, 0.15) is 18.2 Å². The Bertz CT molecular complexity index is 896. The molecule has 25 heavy (non-hydrogen) atoms. The van der Waals surface area contributed by atoms with E-state index in [4.69, 9.17) is 16.3 Å². The first-order valence-corrected chi connectivity index (χ1v) is 8.48. The molecule has 0 aliphatic carbocycles. The molecular formula is C19H17ClFN3O. The van der Waals surface area contributed by atoms with E-state index in [2.05, 4.69) is 21.4 Å². The summed E-state index contributed by atoms with van der Waals surface area (Å²) in [6.45, 7) is 1.76. The third kappa shape index (κ3) is 3.25. The highest BCUT2D eigenvalue weighted by Gasteiger charge is 2.24. The fourth-order valence-electron chi connectivity index (χ4n) is 3.13. The third-order valence-electron chi connectivity index (χ3n) is 4.42. The summed E-state index contributed by atoms with van der Waals surface area (Å²) in [7, 11) is 0. The van der Waals surface area contributed by atoms with Crippen molar-refractivity contribution in [3.8, 4) is 5.75 Å². The number of hydrogen-bond acceptors (Lipinski definition) is 3. The number of nitrogens with one attached hydrogen (secondary N) is 2. The standard InChI is InChI=1S/C19H17ClFN3O/c20-16-6-2-4-13(18(16)21)10-25-14-5-1-3-12(7-14)15-8-22-9-17-19(15)24-11-23-17/h1-7,11,15,22H,8-10H2,(H,23,24). The van der Waals surface area contributed by atoms with Gasteiger partial charge < -0.3 is 15.0 Å². The number of rotatable bonds is 4. The van der Waals surface area contributed by atoms with Crippen LogP contribution in [0.5, 0.6) is 5.75 Å². The monoisotopic (exact) mass is 357 g/mol. The van der Waals surface area contributed by atoms with E-state index in [1.54, 1.807) is 18.5 Å². The van der Waals surface area contributed by atoms with Gasteiger partial charge in [0.15, 0.2) is 0 Å². The molecule has 1 aromatic heterocycles. The van der Waals surface area contributed by atoms with E-state index in [-0.39, 0.29) is 17.5 Å². The maximum absolute atomic E-state index is 14.0. The van der Waals surface area contributed by atoms with Crippen molar-refractivity contribution in [3.63, 3.8) is 0 Å². The highest BCUT2D eigenvalue weighted by molar-refractivity contribution is 6.30. The fourth-order valence-corrected chi connectivity index (χ4v) is 3.32. The van der Waals surface area contributed by atoms with Gasteiger partial charge in [0.2, 0.25) is 0 Å². The molecule has 3 aromatic rings. The molecule has 2 heterocycles. The van der Waals surface area contributed by atoms with Crippen LogP contribution < -0.4 is 10.1 Å². The third-order valence-corrected chi connectivity index (χ3v) is 4.71. The Balaban J connectivity index is 1.54. The molecule has 0 saturated carbocycles. The summed E-state index contributed by atoms with van der Waals surface area (Å²) in [5.74, 6) is 0.430. The second-order valence-corrected chi connectivity index (χ2v) is 6.43. The van der Waals surface area contributed by atoms with Gasteiger partial charge in [-0.3, -0.25) is 0 Å². The van der Waals surface area contributed by atoms with Crippen LogP contribution in [0, 0.1) is 5.82 Å². The van der Waals surface area contributed by atoms with E-state index in [0.717, 1.165) is 30.0 Å². The van der Waals surface area contributed by atoms with Crippen LogP contribution in [0.4, 0.5) is 4.39 Å². The van der Waals surface area contributed by atoms with E-state index in [1.165, 1.54) is 6.07 Å². The Labute approximate surface area is 150 Å². The molecule has 1 aliphatic rings. The molecule has 6 heteroatoms. The molecule has 0 spiro atoms. The number of halogens is 2. The van der Waals surface area contributed by atoms with Gasteiger partial charge >= 0.3 is 0 Å². The first-order chi connectivity index (χ1) is 12.2. The second-order valence-electron chi connectivity index (χ2n) is 6.02. The summed E-state index contributed by atoms with van der Waals surface area (Å²) < 4.78 is 19.8. The SMILES string of the molecule is Fc1c(Cl)cccc1COc1cccc(C2CNCc3[nH]cnc32)c1. The smallest absolute Gasteiger partial charge is 0.148 e. The van der Waals surface area contributed by atoms with Crippen LogP contribution >= 0.6 is 11.6 Å². The molecule has 2 N–H and O–H groups in total. The molecule has 0 amide bonds. The van der Waals surface area contributed by atoms with Crippen LogP contribution in [0.25, 0.3) is 0 Å². The normalized spacial score (nSPS) is 16.5. The fraction of sp³-hybridized carbons (Fsp3) is 0.211. The number of benzene rings is 2. The lowest BCUT2D eigenvalue weighted by Crippen LogP contribution is -2.28. The molecule has 4 nitrogen and oxygen atoms in total. The Hall–Kier alpha value is -2.37. The second kappa shape index (κ2) is 6.86. The van der Waals surface area contributed by atoms with Gasteiger partial charge in [0.25, 0.3) is 0 Å². The summed E-state index contributed by atoms with van der Waals surface area (Å²) in [4.78, 5) is 7.63. The summed E-state index contributed by atoms with van der Waals surface area (Å²) in [6, 6.07) is 12.8. The Morgan fingerprint density at radius 2 is 2.12 bits per heavy atom. The zero-order chi connectivity index (χ0) is 17.2. The van der Waals surface area contributed by atoms with Crippen LogP contribution in [0.1, 0.15) is 28.4 Å². The van der Waals surface area contributed by atoms with Crippen LogP contribution in [0.2, 0.25) is 5.02 Å². The van der Waals surface area contributed by atoms with Gasteiger partial charge in [-0.15, -0.1) is 0 Å². The minimum Gasteiger partial charge on any atom is -0.489 e. The number of H-pyrrole nitrogens is 1. The number of imidazole rings is 1. The Morgan fingerprint density at radius 3 is 3.04 bits per heavy atom. The predicted molar refractivity (Wildman–Crippen MR) is 94.3 cm³/mol. The van der Waals surface area contributed by atoms with Gasteiger partial charge in [-0.05, 0) is 23.8 Å². The molecule has 4 rings (SSSR count). The molecule has 1 unspecified atom stereocenters. The van der Waals surface area contributed by atoms with Crippen LogP contribution in [-0.2, 0) is 13.2 Å². The number of hydrogen-bond donors (Lipinski definition) is 2. The maximum atomic E-state index is 14.0. The molecule has 1 aliphatic heterocycles. The first kappa shape index (κ1) is 16.1. The molecule has 0 bridgehead atoms. The van der Waals surface area contributed by atoms with Crippen molar-refractivity contribution in [1.29, 1.82) is 0 Å². The number of ether oxygens (including phenoxy) is 1. The van der Waals surface area contributed by atoms with Gasteiger partial charge in [0, 0.05) is 24.6 Å². The average molecular weight is 358 g/mol. The highest BCUT2D eigenvalue weighted by atomic mass is 35.5. The lowest BCUT2D eigenvalue weighted by molar-refractivity contribution is 0.299. The topological polar surface area (TPSA) is 49.9 Å². The van der Waals surface area contributed by atoms with Crippen molar-refractivity contribution in [2.45, 2.75) is 19.1 Å². The lowest BCUT2D eigenvalue weighted by atomic mass is 9.92. The summed E-state index contributed by atoms with van der Waals surface area (Å²) >= 11 is 5.81. The van der Waals surface area contributed by atoms with Gasteiger partial charge in [-0.25, -0.2) is 9.37 Å². The van der Waals surface area contributed by atoms with Gasteiger partial charge in [-0.2, -0.15) is 0 Å². The summed E-state index contributed by atoms with van der Waals surface area (Å²) in [6.07, 6.45) is 1.73. The van der Waals surface area contributed by atoms with E-state index < -0.39 is 5.82 Å². The number of fused-ring (bicyclic) bond motifs is 1.